The topological polar surface area (TPSA) is 29.5 Å². The zero-order chi connectivity index (χ0) is 9.44. The van der Waals surface area contributed by atoms with Crippen LogP contribution in [0.15, 0.2) is 0 Å². The van der Waals surface area contributed by atoms with Crippen LogP contribution in [0.3, 0.4) is 0 Å². The van der Waals surface area contributed by atoms with Crippen molar-refractivity contribution in [3.05, 3.63) is 0 Å². The third-order valence-corrected chi connectivity index (χ3v) is 0.702. The Hall–Kier alpha value is -0.730. The summed E-state index contributed by atoms with van der Waals surface area (Å²) >= 11 is 0. The number of hydrogen-bond acceptors (Lipinski definition) is 2. The fourth-order valence-electron chi connectivity index (χ4n) is 0.307. The number of nitrogens with zero attached hydrogens (tertiary/aromatic N) is 1. The van der Waals surface area contributed by atoms with Gasteiger partial charge in [-0.3, -0.25) is 0 Å². The minimum atomic E-state index is -0.287. The second kappa shape index (κ2) is 7.38. The fourth-order valence-corrected chi connectivity index (χ4v) is 0.307. The molecular formula is C8H19NO2. The molecule has 0 aromatic heterocycles. The van der Waals surface area contributed by atoms with Crippen molar-refractivity contribution in [3.8, 4) is 0 Å². The Bertz CT molecular complexity index is 100. The van der Waals surface area contributed by atoms with Crippen molar-refractivity contribution in [1.82, 2.24) is 4.90 Å². The summed E-state index contributed by atoms with van der Waals surface area (Å²) in [4.78, 5) is 12.1. The smallest absolute Gasteiger partial charge is 0.409 e. The summed E-state index contributed by atoms with van der Waals surface area (Å²) in [5, 5.41) is 0. The van der Waals surface area contributed by atoms with Crippen molar-refractivity contribution in [3.63, 3.8) is 0 Å². The summed E-state index contributed by atoms with van der Waals surface area (Å²) in [7, 11) is 3.31. The first-order chi connectivity index (χ1) is 5.04. The average molecular weight is 161 g/mol. The summed E-state index contributed by atoms with van der Waals surface area (Å²) in [6.07, 6.45) is -0.315. The Morgan fingerprint density at radius 1 is 1.27 bits per heavy atom. The predicted octanol–water partition coefficient (Wildman–Crippen LogP) is 2.12. The molecule has 0 aliphatic rings. The molecule has 0 spiro atoms. The van der Waals surface area contributed by atoms with E-state index in [2.05, 4.69) is 0 Å². The molecule has 0 saturated carbocycles. The van der Waals surface area contributed by atoms with E-state index in [1.807, 2.05) is 27.7 Å². The molecule has 3 nitrogen and oxygen atoms in total. The maximum atomic E-state index is 10.7. The van der Waals surface area contributed by atoms with Crippen molar-refractivity contribution >= 4 is 6.09 Å². The van der Waals surface area contributed by atoms with Gasteiger partial charge in [0.25, 0.3) is 0 Å². The lowest BCUT2D eigenvalue weighted by Crippen LogP contribution is -2.25. The lowest BCUT2D eigenvalue weighted by molar-refractivity contribution is 0.0904. The van der Waals surface area contributed by atoms with E-state index in [4.69, 9.17) is 4.74 Å². The highest BCUT2D eigenvalue weighted by atomic mass is 16.6. The SMILES string of the molecule is CC.CC(C)OC(=O)N(C)C. The maximum absolute atomic E-state index is 10.7. The number of carbonyl (C=O) groups is 1. The van der Waals surface area contributed by atoms with E-state index in [9.17, 15) is 4.79 Å². The Balaban J connectivity index is 0. The van der Waals surface area contributed by atoms with Crippen molar-refractivity contribution in [2.45, 2.75) is 33.8 Å². The van der Waals surface area contributed by atoms with Crippen LogP contribution in [0, 0.1) is 0 Å². The number of hydrogen-bond donors (Lipinski definition) is 0. The monoisotopic (exact) mass is 161 g/mol. The van der Waals surface area contributed by atoms with Gasteiger partial charge >= 0.3 is 6.09 Å². The van der Waals surface area contributed by atoms with Crippen LogP contribution in [0.25, 0.3) is 0 Å². The first-order valence-corrected chi connectivity index (χ1v) is 3.92. The fraction of sp³-hybridized carbons (Fsp3) is 0.875. The molecule has 68 valence electrons. The van der Waals surface area contributed by atoms with Crippen molar-refractivity contribution < 1.29 is 9.53 Å². The second-order valence-corrected chi connectivity index (χ2v) is 2.33. The van der Waals surface area contributed by atoms with Gasteiger partial charge in [-0.2, -0.15) is 0 Å². The molecule has 0 saturated heterocycles. The lowest BCUT2D eigenvalue weighted by Gasteiger charge is -2.12. The number of rotatable bonds is 1. The van der Waals surface area contributed by atoms with Gasteiger partial charge < -0.3 is 9.64 Å². The van der Waals surface area contributed by atoms with Gasteiger partial charge in [0.2, 0.25) is 0 Å². The van der Waals surface area contributed by atoms with Gasteiger partial charge in [0, 0.05) is 14.1 Å². The standard InChI is InChI=1S/C6H13NO2.C2H6/c1-5(2)9-6(8)7(3)4;1-2/h5H,1-4H3;1-2H3. The third-order valence-electron chi connectivity index (χ3n) is 0.702. The summed E-state index contributed by atoms with van der Waals surface area (Å²) in [5.41, 5.74) is 0. The highest BCUT2D eigenvalue weighted by Gasteiger charge is 2.05. The first kappa shape index (κ1) is 12.9. The molecule has 0 aliphatic heterocycles. The van der Waals surface area contributed by atoms with Gasteiger partial charge in [-0.15, -0.1) is 0 Å². The molecule has 0 unspecified atom stereocenters. The van der Waals surface area contributed by atoms with Gasteiger partial charge in [0.05, 0.1) is 6.10 Å². The van der Waals surface area contributed by atoms with Crippen molar-refractivity contribution in [2.75, 3.05) is 14.1 Å². The average Bonchev–Trinajstić information content (AvgIpc) is 1.90. The molecule has 0 rings (SSSR count). The Morgan fingerprint density at radius 3 is 1.73 bits per heavy atom. The van der Waals surface area contributed by atoms with E-state index in [0.717, 1.165) is 0 Å². The molecular weight excluding hydrogens is 142 g/mol. The second-order valence-electron chi connectivity index (χ2n) is 2.33. The minimum Gasteiger partial charge on any atom is -0.447 e. The predicted molar refractivity (Wildman–Crippen MR) is 46.7 cm³/mol. The zero-order valence-electron chi connectivity index (χ0n) is 8.34. The van der Waals surface area contributed by atoms with Gasteiger partial charge in [0.1, 0.15) is 0 Å². The molecule has 3 heteroatoms. The van der Waals surface area contributed by atoms with Gasteiger partial charge in [0.15, 0.2) is 0 Å². The third kappa shape index (κ3) is 9.27. The molecule has 11 heavy (non-hydrogen) atoms. The molecule has 0 fully saturated rings. The Labute approximate surface area is 69.3 Å². The van der Waals surface area contributed by atoms with Crippen LogP contribution < -0.4 is 0 Å². The zero-order valence-corrected chi connectivity index (χ0v) is 8.34. The number of amides is 1. The van der Waals surface area contributed by atoms with Crippen LogP contribution in [0.5, 0.6) is 0 Å². The van der Waals surface area contributed by atoms with E-state index >= 15 is 0 Å². The van der Waals surface area contributed by atoms with E-state index in [1.54, 1.807) is 14.1 Å². The van der Waals surface area contributed by atoms with Gasteiger partial charge in [-0.05, 0) is 13.8 Å². The summed E-state index contributed by atoms with van der Waals surface area (Å²) in [6.45, 7) is 7.64. The molecule has 0 aliphatic carbocycles. The van der Waals surface area contributed by atoms with Gasteiger partial charge in [-0.1, -0.05) is 13.8 Å². The highest BCUT2D eigenvalue weighted by Crippen LogP contribution is 1.91. The van der Waals surface area contributed by atoms with Crippen LogP contribution in [0.4, 0.5) is 4.79 Å². The van der Waals surface area contributed by atoms with Crippen LogP contribution >= 0.6 is 0 Å². The normalized spacial score (nSPS) is 8.27. The molecule has 0 heterocycles. The maximum Gasteiger partial charge on any atom is 0.409 e. The van der Waals surface area contributed by atoms with E-state index in [0.29, 0.717) is 0 Å². The highest BCUT2D eigenvalue weighted by molar-refractivity contribution is 5.66. The minimum absolute atomic E-state index is 0.0279. The Morgan fingerprint density at radius 2 is 1.64 bits per heavy atom. The van der Waals surface area contributed by atoms with E-state index in [-0.39, 0.29) is 12.2 Å². The first-order valence-electron chi connectivity index (χ1n) is 3.92. The lowest BCUT2D eigenvalue weighted by atomic mass is 10.5. The quantitative estimate of drug-likeness (QED) is 0.589. The number of ether oxygens (including phenoxy) is 1. The summed E-state index contributed by atoms with van der Waals surface area (Å²) < 4.78 is 4.80. The largest absolute Gasteiger partial charge is 0.447 e. The molecule has 0 N–H and O–H groups in total. The van der Waals surface area contributed by atoms with Crippen LogP contribution in [0.2, 0.25) is 0 Å². The van der Waals surface area contributed by atoms with Crippen molar-refractivity contribution in [1.29, 1.82) is 0 Å². The van der Waals surface area contributed by atoms with E-state index < -0.39 is 0 Å². The van der Waals surface area contributed by atoms with Crippen LogP contribution in [-0.2, 0) is 4.74 Å². The van der Waals surface area contributed by atoms with E-state index in [1.165, 1.54) is 4.90 Å². The number of carbonyl (C=O) groups excluding carboxylic acids is 1. The molecule has 1 amide bonds. The van der Waals surface area contributed by atoms with Crippen LogP contribution in [0.1, 0.15) is 27.7 Å². The van der Waals surface area contributed by atoms with Gasteiger partial charge in [-0.25, -0.2) is 4.79 Å². The molecule has 0 bridgehead atoms. The molecule has 0 aromatic carbocycles. The summed E-state index contributed by atoms with van der Waals surface area (Å²) in [5.74, 6) is 0. The summed E-state index contributed by atoms with van der Waals surface area (Å²) in [6, 6.07) is 0. The van der Waals surface area contributed by atoms with Crippen molar-refractivity contribution in [2.24, 2.45) is 0 Å². The molecule has 0 atom stereocenters. The molecule has 0 radical (unpaired) electrons. The van der Waals surface area contributed by atoms with Crippen LogP contribution in [-0.4, -0.2) is 31.2 Å². The Kier molecular flexibility index (Phi) is 8.65. The molecule has 0 aromatic rings.